The van der Waals surface area contributed by atoms with E-state index in [1.165, 1.54) is 0 Å². The van der Waals surface area contributed by atoms with Crippen molar-refractivity contribution in [3.63, 3.8) is 0 Å². The molecule has 2 aromatic rings. The van der Waals surface area contributed by atoms with Crippen molar-refractivity contribution in [2.24, 2.45) is 0 Å². The molecular weight excluding hydrogens is 202 g/mol. The van der Waals surface area contributed by atoms with E-state index in [2.05, 4.69) is 15.3 Å². The largest absolute Gasteiger partial charge is 0.395 e. The standard InChI is InChI=1S/C12H15N3O/c1-9(8-16)15-7-10-2-3-11-12(6-10)14-5-4-13-11/h2-6,9,15-16H,7-8H2,1H3. The molecule has 0 radical (unpaired) electrons. The molecule has 1 unspecified atom stereocenters. The Bertz CT molecular complexity index is 473. The highest BCUT2D eigenvalue weighted by Gasteiger charge is 2.01. The Labute approximate surface area is 94.4 Å². The summed E-state index contributed by atoms with van der Waals surface area (Å²) < 4.78 is 0. The molecular formula is C12H15N3O. The number of hydrogen-bond acceptors (Lipinski definition) is 4. The maximum absolute atomic E-state index is 8.90. The highest BCUT2D eigenvalue weighted by molar-refractivity contribution is 5.74. The van der Waals surface area contributed by atoms with Crippen LogP contribution in [0.25, 0.3) is 11.0 Å². The monoisotopic (exact) mass is 217 g/mol. The van der Waals surface area contributed by atoms with Crippen LogP contribution in [0.3, 0.4) is 0 Å². The smallest absolute Gasteiger partial charge is 0.0890 e. The number of aromatic nitrogens is 2. The van der Waals surface area contributed by atoms with Crippen LogP contribution in [0, 0.1) is 0 Å². The van der Waals surface area contributed by atoms with Crippen molar-refractivity contribution in [3.05, 3.63) is 36.2 Å². The molecule has 1 heterocycles. The Balaban J connectivity index is 2.13. The Morgan fingerprint density at radius 1 is 1.25 bits per heavy atom. The van der Waals surface area contributed by atoms with Gasteiger partial charge >= 0.3 is 0 Å². The Morgan fingerprint density at radius 3 is 2.75 bits per heavy atom. The van der Waals surface area contributed by atoms with Gasteiger partial charge in [0.05, 0.1) is 17.6 Å². The van der Waals surface area contributed by atoms with E-state index in [-0.39, 0.29) is 12.6 Å². The maximum atomic E-state index is 8.90. The number of hydrogen-bond donors (Lipinski definition) is 2. The first-order valence-electron chi connectivity index (χ1n) is 5.33. The number of benzene rings is 1. The van der Waals surface area contributed by atoms with Crippen molar-refractivity contribution < 1.29 is 5.11 Å². The number of fused-ring (bicyclic) bond motifs is 1. The van der Waals surface area contributed by atoms with Gasteiger partial charge in [-0.2, -0.15) is 0 Å². The van der Waals surface area contributed by atoms with E-state index >= 15 is 0 Å². The number of rotatable bonds is 4. The predicted octanol–water partition coefficient (Wildman–Crippen LogP) is 1.10. The molecule has 2 rings (SSSR count). The lowest BCUT2D eigenvalue weighted by molar-refractivity contribution is 0.251. The van der Waals surface area contributed by atoms with Crippen molar-refractivity contribution >= 4 is 11.0 Å². The Morgan fingerprint density at radius 2 is 2.00 bits per heavy atom. The van der Waals surface area contributed by atoms with Crippen molar-refractivity contribution in [1.82, 2.24) is 15.3 Å². The molecule has 1 atom stereocenters. The lowest BCUT2D eigenvalue weighted by atomic mass is 10.2. The predicted molar refractivity (Wildman–Crippen MR) is 62.9 cm³/mol. The summed E-state index contributed by atoms with van der Waals surface area (Å²) in [5.41, 5.74) is 2.95. The van der Waals surface area contributed by atoms with Gasteiger partial charge in [-0.25, -0.2) is 0 Å². The van der Waals surface area contributed by atoms with Crippen LogP contribution in [0.2, 0.25) is 0 Å². The van der Waals surface area contributed by atoms with E-state index in [9.17, 15) is 0 Å². The van der Waals surface area contributed by atoms with Crippen LogP contribution in [-0.2, 0) is 6.54 Å². The van der Waals surface area contributed by atoms with Gasteiger partial charge in [0, 0.05) is 25.0 Å². The minimum absolute atomic E-state index is 0.109. The second-order valence-corrected chi connectivity index (χ2v) is 3.84. The lowest BCUT2D eigenvalue weighted by Gasteiger charge is -2.10. The van der Waals surface area contributed by atoms with Gasteiger partial charge in [0.15, 0.2) is 0 Å². The highest BCUT2D eigenvalue weighted by atomic mass is 16.3. The SMILES string of the molecule is CC(CO)NCc1ccc2nccnc2c1. The van der Waals surface area contributed by atoms with Gasteiger partial charge < -0.3 is 10.4 Å². The minimum atomic E-state index is 0.109. The van der Waals surface area contributed by atoms with Crippen molar-refractivity contribution in [2.45, 2.75) is 19.5 Å². The minimum Gasteiger partial charge on any atom is -0.395 e. The summed E-state index contributed by atoms with van der Waals surface area (Å²) in [7, 11) is 0. The molecule has 0 amide bonds. The second kappa shape index (κ2) is 5.01. The van der Waals surface area contributed by atoms with Gasteiger partial charge in [-0.15, -0.1) is 0 Å². The Hall–Kier alpha value is -1.52. The zero-order chi connectivity index (χ0) is 11.4. The van der Waals surface area contributed by atoms with Gasteiger partial charge in [-0.3, -0.25) is 9.97 Å². The molecule has 0 bridgehead atoms. The topological polar surface area (TPSA) is 58.0 Å². The average Bonchev–Trinajstić information content (AvgIpc) is 2.35. The van der Waals surface area contributed by atoms with Gasteiger partial charge in [-0.05, 0) is 24.6 Å². The molecule has 4 nitrogen and oxygen atoms in total. The molecule has 0 aliphatic carbocycles. The fourth-order valence-electron chi connectivity index (χ4n) is 1.48. The summed E-state index contributed by atoms with van der Waals surface area (Å²) in [4.78, 5) is 8.46. The number of aliphatic hydroxyl groups excluding tert-OH is 1. The van der Waals surface area contributed by atoms with Gasteiger partial charge in [0.2, 0.25) is 0 Å². The molecule has 0 saturated carbocycles. The molecule has 0 fully saturated rings. The second-order valence-electron chi connectivity index (χ2n) is 3.84. The van der Waals surface area contributed by atoms with Crippen LogP contribution in [-0.4, -0.2) is 27.7 Å². The van der Waals surface area contributed by atoms with E-state index in [1.807, 2.05) is 25.1 Å². The van der Waals surface area contributed by atoms with E-state index in [0.29, 0.717) is 0 Å². The van der Waals surface area contributed by atoms with Crippen LogP contribution >= 0.6 is 0 Å². The van der Waals surface area contributed by atoms with Crippen LogP contribution in [0.1, 0.15) is 12.5 Å². The van der Waals surface area contributed by atoms with Crippen LogP contribution in [0.4, 0.5) is 0 Å². The van der Waals surface area contributed by atoms with Crippen molar-refractivity contribution in [2.75, 3.05) is 6.61 Å². The first-order valence-corrected chi connectivity index (χ1v) is 5.33. The molecule has 1 aromatic heterocycles. The normalized spacial score (nSPS) is 12.9. The van der Waals surface area contributed by atoms with E-state index in [4.69, 9.17) is 5.11 Å². The maximum Gasteiger partial charge on any atom is 0.0890 e. The molecule has 0 spiro atoms. The first-order chi connectivity index (χ1) is 7.79. The van der Waals surface area contributed by atoms with E-state index in [1.54, 1.807) is 12.4 Å². The molecule has 16 heavy (non-hydrogen) atoms. The molecule has 2 N–H and O–H groups in total. The Kier molecular flexibility index (Phi) is 3.44. The summed E-state index contributed by atoms with van der Waals surface area (Å²) in [6, 6.07) is 6.11. The summed E-state index contributed by atoms with van der Waals surface area (Å²) in [5, 5.41) is 12.1. The molecule has 0 aliphatic rings. The van der Waals surface area contributed by atoms with Gasteiger partial charge in [0.1, 0.15) is 0 Å². The quantitative estimate of drug-likeness (QED) is 0.805. The van der Waals surface area contributed by atoms with Gasteiger partial charge in [-0.1, -0.05) is 6.07 Å². The molecule has 0 saturated heterocycles. The van der Waals surface area contributed by atoms with E-state index < -0.39 is 0 Å². The summed E-state index contributed by atoms with van der Waals surface area (Å²) in [5.74, 6) is 0. The van der Waals surface area contributed by atoms with Crippen LogP contribution in [0.15, 0.2) is 30.6 Å². The number of aliphatic hydroxyl groups is 1. The van der Waals surface area contributed by atoms with E-state index in [0.717, 1.165) is 23.1 Å². The zero-order valence-electron chi connectivity index (χ0n) is 9.22. The third-order valence-corrected chi connectivity index (χ3v) is 2.46. The fourth-order valence-corrected chi connectivity index (χ4v) is 1.48. The van der Waals surface area contributed by atoms with Crippen molar-refractivity contribution in [1.29, 1.82) is 0 Å². The van der Waals surface area contributed by atoms with Crippen molar-refractivity contribution in [3.8, 4) is 0 Å². The molecule has 0 aliphatic heterocycles. The van der Waals surface area contributed by atoms with Gasteiger partial charge in [0.25, 0.3) is 0 Å². The third kappa shape index (κ3) is 2.53. The number of nitrogens with one attached hydrogen (secondary N) is 1. The van der Waals surface area contributed by atoms with Crippen LogP contribution in [0.5, 0.6) is 0 Å². The highest BCUT2D eigenvalue weighted by Crippen LogP contribution is 2.10. The molecule has 4 heteroatoms. The fraction of sp³-hybridized carbons (Fsp3) is 0.333. The first kappa shape index (κ1) is 11.0. The summed E-state index contributed by atoms with van der Waals surface area (Å²) in [6.45, 7) is 2.82. The zero-order valence-corrected chi connectivity index (χ0v) is 9.22. The third-order valence-electron chi connectivity index (χ3n) is 2.46. The summed E-state index contributed by atoms with van der Waals surface area (Å²) >= 11 is 0. The van der Waals surface area contributed by atoms with Crippen LogP contribution < -0.4 is 5.32 Å². The summed E-state index contributed by atoms with van der Waals surface area (Å²) in [6.07, 6.45) is 3.38. The average molecular weight is 217 g/mol. The lowest BCUT2D eigenvalue weighted by Crippen LogP contribution is -2.28. The number of nitrogens with zero attached hydrogens (tertiary/aromatic N) is 2. The molecule has 84 valence electrons. The molecule has 1 aromatic carbocycles.